The topological polar surface area (TPSA) is 115 Å². The van der Waals surface area contributed by atoms with Crippen molar-refractivity contribution in [3.05, 3.63) is 54.9 Å². The summed E-state index contributed by atoms with van der Waals surface area (Å²) in [5.74, 6) is 0.167. The molecule has 164 valence electrons. The van der Waals surface area contributed by atoms with Crippen LogP contribution in [0.5, 0.6) is 0 Å². The van der Waals surface area contributed by atoms with E-state index in [0.717, 1.165) is 36.3 Å². The minimum atomic E-state index is -0.311. The zero-order valence-electron chi connectivity index (χ0n) is 18.0. The second kappa shape index (κ2) is 8.08. The van der Waals surface area contributed by atoms with Gasteiger partial charge in [0.25, 0.3) is 5.91 Å². The van der Waals surface area contributed by atoms with Crippen LogP contribution in [0.2, 0.25) is 0 Å². The van der Waals surface area contributed by atoms with Crippen molar-refractivity contribution in [3.8, 4) is 11.1 Å². The molecule has 2 unspecified atom stereocenters. The third kappa shape index (κ3) is 3.82. The zero-order valence-corrected chi connectivity index (χ0v) is 18.0. The molecule has 5 heterocycles. The lowest BCUT2D eigenvalue weighted by atomic mass is 9.96. The van der Waals surface area contributed by atoms with Crippen LogP contribution >= 0.6 is 0 Å². The van der Waals surface area contributed by atoms with Crippen LogP contribution in [-0.2, 0) is 7.05 Å². The Bertz CT molecular complexity index is 1270. The summed E-state index contributed by atoms with van der Waals surface area (Å²) in [5.41, 5.74) is 11.0. The van der Waals surface area contributed by atoms with Crippen LogP contribution in [0.4, 0.5) is 11.4 Å². The predicted octanol–water partition coefficient (Wildman–Crippen LogP) is 3.05. The largest absolute Gasteiger partial charge is 0.462 e. The van der Waals surface area contributed by atoms with Crippen LogP contribution in [0, 0.1) is 5.92 Å². The molecule has 1 saturated heterocycles. The molecule has 1 aliphatic rings. The number of anilines is 2. The number of hydrogen-bond donors (Lipinski definition) is 2. The van der Waals surface area contributed by atoms with Gasteiger partial charge in [-0.3, -0.25) is 14.5 Å². The van der Waals surface area contributed by atoms with E-state index in [1.165, 1.54) is 0 Å². The summed E-state index contributed by atoms with van der Waals surface area (Å²) in [4.78, 5) is 24.1. The van der Waals surface area contributed by atoms with Crippen molar-refractivity contribution in [2.75, 3.05) is 23.3 Å². The van der Waals surface area contributed by atoms with Gasteiger partial charge in [0.2, 0.25) is 0 Å². The Morgan fingerprint density at radius 1 is 1.25 bits per heavy atom. The molecule has 4 aromatic heterocycles. The van der Waals surface area contributed by atoms with Crippen LogP contribution < -0.4 is 16.0 Å². The highest BCUT2D eigenvalue weighted by atomic mass is 16.3. The van der Waals surface area contributed by atoms with Crippen molar-refractivity contribution < 1.29 is 9.21 Å². The summed E-state index contributed by atoms with van der Waals surface area (Å²) >= 11 is 0. The summed E-state index contributed by atoms with van der Waals surface area (Å²) in [6.07, 6.45) is 9.64. The molecule has 3 N–H and O–H groups in total. The van der Waals surface area contributed by atoms with E-state index in [9.17, 15) is 4.79 Å². The van der Waals surface area contributed by atoms with Crippen molar-refractivity contribution in [1.82, 2.24) is 19.7 Å². The third-order valence-electron chi connectivity index (χ3n) is 5.74. The molecule has 1 amide bonds. The second-order valence-electron chi connectivity index (χ2n) is 8.45. The van der Waals surface area contributed by atoms with E-state index in [1.54, 1.807) is 41.7 Å². The van der Waals surface area contributed by atoms with Gasteiger partial charge in [0, 0.05) is 49.7 Å². The molecule has 4 aromatic rings. The molecule has 0 aromatic carbocycles. The first-order valence-electron chi connectivity index (χ1n) is 10.6. The lowest BCUT2D eigenvalue weighted by Gasteiger charge is -2.37. The number of furan rings is 1. The van der Waals surface area contributed by atoms with Crippen molar-refractivity contribution in [3.63, 3.8) is 0 Å². The number of nitrogens with one attached hydrogen (secondary N) is 1. The van der Waals surface area contributed by atoms with Gasteiger partial charge >= 0.3 is 0 Å². The van der Waals surface area contributed by atoms with Gasteiger partial charge in [0.15, 0.2) is 5.58 Å². The lowest BCUT2D eigenvalue weighted by Crippen LogP contribution is -2.46. The smallest absolute Gasteiger partial charge is 0.274 e. The van der Waals surface area contributed by atoms with Crippen LogP contribution in [0.3, 0.4) is 0 Å². The highest BCUT2D eigenvalue weighted by Gasteiger charge is 2.25. The summed E-state index contributed by atoms with van der Waals surface area (Å²) in [6, 6.07) is 5.43. The second-order valence-corrected chi connectivity index (χ2v) is 8.45. The monoisotopic (exact) mass is 431 g/mol. The van der Waals surface area contributed by atoms with E-state index in [-0.39, 0.29) is 11.9 Å². The number of hydrogen-bond acceptors (Lipinski definition) is 7. The Balaban J connectivity index is 1.43. The number of amides is 1. The number of fused-ring (bicyclic) bond motifs is 1. The molecule has 1 fully saturated rings. The van der Waals surface area contributed by atoms with Crippen molar-refractivity contribution in [1.29, 1.82) is 0 Å². The number of nitrogens with two attached hydrogens (primary N) is 1. The Hall–Kier alpha value is -3.72. The first-order chi connectivity index (χ1) is 15.5. The Labute approximate surface area is 185 Å². The number of piperidine rings is 1. The minimum absolute atomic E-state index is 0.103. The highest BCUT2D eigenvalue weighted by molar-refractivity contribution is 6.06. The van der Waals surface area contributed by atoms with Crippen molar-refractivity contribution in [2.24, 2.45) is 18.7 Å². The molecule has 0 spiro atoms. The highest BCUT2D eigenvalue weighted by Crippen LogP contribution is 2.31. The summed E-state index contributed by atoms with van der Waals surface area (Å²) in [7, 11) is 1.85. The van der Waals surface area contributed by atoms with Crippen LogP contribution in [0.1, 0.15) is 23.8 Å². The van der Waals surface area contributed by atoms with E-state index < -0.39 is 0 Å². The molecule has 0 aliphatic carbocycles. The number of rotatable bonds is 4. The Morgan fingerprint density at radius 2 is 2.12 bits per heavy atom. The normalized spacial score (nSPS) is 18.8. The maximum atomic E-state index is 13.1. The molecule has 1 aliphatic heterocycles. The maximum Gasteiger partial charge on any atom is 0.274 e. The molecule has 0 bridgehead atoms. The average Bonchev–Trinajstić information content (AvgIpc) is 3.38. The molecule has 9 nitrogen and oxygen atoms in total. The van der Waals surface area contributed by atoms with Crippen molar-refractivity contribution >= 4 is 28.4 Å². The van der Waals surface area contributed by atoms with E-state index in [1.807, 2.05) is 19.3 Å². The van der Waals surface area contributed by atoms with E-state index in [2.05, 4.69) is 32.2 Å². The number of pyridine rings is 2. The number of carbonyl (C=O) groups excluding carboxylic acids is 1. The van der Waals surface area contributed by atoms with Gasteiger partial charge in [-0.2, -0.15) is 5.10 Å². The van der Waals surface area contributed by atoms with Gasteiger partial charge in [0.1, 0.15) is 17.5 Å². The van der Waals surface area contributed by atoms with Gasteiger partial charge in [-0.25, -0.2) is 4.98 Å². The van der Waals surface area contributed by atoms with E-state index in [0.29, 0.717) is 28.4 Å². The Morgan fingerprint density at radius 3 is 2.91 bits per heavy atom. The van der Waals surface area contributed by atoms with Crippen LogP contribution in [0.25, 0.3) is 22.2 Å². The SMILES string of the molecule is CC1CC(N)CN(c2ccncc2NC(=O)c2ccc3occ(-c4cnn(C)c4)c3n2)C1. The Kier molecular flexibility index (Phi) is 5.10. The molecular formula is C23H25N7O2. The van der Waals surface area contributed by atoms with E-state index >= 15 is 0 Å². The first-order valence-corrected chi connectivity index (χ1v) is 10.6. The van der Waals surface area contributed by atoms with Gasteiger partial charge < -0.3 is 20.4 Å². The third-order valence-corrected chi connectivity index (χ3v) is 5.74. The molecule has 5 rings (SSSR count). The maximum absolute atomic E-state index is 13.1. The lowest BCUT2D eigenvalue weighted by molar-refractivity contribution is 0.102. The van der Waals surface area contributed by atoms with Gasteiger partial charge in [-0.1, -0.05) is 6.92 Å². The molecule has 32 heavy (non-hydrogen) atoms. The summed E-state index contributed by atoms with van der Waals surface area (Å²) in [5, 5.41) is 7.19. The van der Waals surface area contributed by atoms with Crippen molar-refractivity contribution in [2.45, 2.75) is 19.4 Å². The van der Waals surface area contributed by atoms with Gasteiger partial charge in [0.05, 0.1) is 23.8 Å². The van der Waals surface area contributed by atoms with Gasteiger partial charge in [-0.15, -0.1) is 0 Å². The number of nitrogens with zero attached hydrogens (tertiary/aromatic N) is 5. The van der Waals surface area contributed by atoms with E-state index in [4.69, 9.17) is 10.2 Å². The summed E-state index contributed by atoms with van der Waals surface area (Å²) < 4.78 is 7.33. The minimum Gasteiger partial charge on any atom is -0.462 e. The molecule has 0 saturated carbocycles. The van der Waals surface area contributed by atoms with Crippen LogP contribution in [-0.4, -0.2) is 44.8 Å². The fourth-order valence-corrected chi connectivity index (χ4v) is 4.35. The van der Waals surface area contributed by atoms with Gasteiger partial charge in [-0.05, 0) is 30.5 Å². The van der Waals surface area contributed by atoms with Crippen LogP contribution in [0.15, 0.2) is 53.7 Å². The molecule has 0 radical (unpaired) electrons. The average molecular weight is 432 g/mol. The zero-order chi connectivity index (χ0) is 22.2. The number of aromatic nitrogens is 4. The standard InChI is InChI=1S/C23H25N7O2/c1-14-7-16(24)12-30(10-14)20-5-6-25-9-19(20)28-23(31)18-3-4-21-22(27-18)17(13-32-21)15-8-26-29(2)11-15/h3-6,8-9,11,13-14,16H,7,10,12,24H2,1-2H3,(H,28,31). The molecule has 2 atom stereocenters. The fourth-order valence-electron chi connectivity index (χ4n) is 4.35. The molecule has 9 heteroatoms. The number of aryl methyl sites for hydroxylation is 1. The summed E-state index contributed by atoms with van der Waals surface area (Å²) in [6.45, 7) is 3.81. The number of carbonyl (C=O) groups is 1. The molecular weight excluding hydrogens is 406 g/mol. The first kappa shape index (κ1) is 20.2. The predicted molar refractivity (Wildman–Crippen MR) is 122 cm³/mol. The quantitative estimate of drug-likeness (QED) is 0.510. The fraction of sp³-hybridized carbons (Fsp3) is 0.304.